The molecule has 0 spiro atoms. The quantitative estimate of drug-likeness (QED) is 0.720. The molecule has 94 valence electrons. The van der Waals surface area contributed by atoms with Crippen molar-refractivity contribution in [3.05, 3.63) is 60.4 Å². The van der Waals surface area contributed by atoms with Crippen LogP contribution in [0, 0.1) is 6.92 Å². The molecule has 1 aromatic heterocycles. The van der Waals surface area contributed by atoms with Crippen molar-refractivity contribution in [3.63, 3.8) is 0 Å². The lowest BCUT2D eigenvalue weighted by atomic mass is 10.2. The van der Waals surface area contributed by atoms with Gasteiger partial charge in [-0.25, -0.2) is 9.78 Å². The monoisotopic (exact) mass is 251 g/mol. The Balaban J connectivity index is 1.95. The predicted octanol–water partition coefficient (Wildman–Crippen LogP) is 3.42. The maximum absolute atomic E-state index is 12.3. The van der Waals surface area contributed by atoms with E-state index in [4.69, 9.17) is 0 Å². The molecule has 0 saturated carbocycles. The highest BCUT2D eigenvalue weighted by Crippen LogP contribution is 2.16. The summed E-state index contributed by atoms with van der Waals surface area (Å²) in [5.74, 6) is 0. The van der Waals surface area contributed by atoms with Gasteiger partial charge in [0, 0.05) is 5.69 Å². The SMILES string of the molecule is Cc1ccccc1NC(=O)n1cnc2ccccc21. The average molecular weight is 251 g/mol. The summed E-state index contributed by atoms with van der Waals surface area (Å²) in [5.41, 5.74) is 3.45. The average Bonchev–Trinajstić information content (AvgIpc) is 2.85. The smallest absolute Gasteiger partial charge is 0.307 e. The zero-order valence-electron chi connectivity index (χ0n) is 10.5. The molecule has 0 bridgehead atoms. The van der Waals surface area contributed by atoms with Crippen LogP contribution >= 0.6 is 0 Å². The van der Waals surface area contributed by atoms with Gasteiger partial charge in [-0.3, -0.25) is 4.57 Å². The van der Waals surface area contributed by atoms with Gasteiger partial charge in [-0.1, -0.05) is 30.3 Å². The molecule has 1 amide bonds. The Hall–Kier alpha value is -2.62. The molecule has 0 unspecified atom stereocenters. The van der Waals surface area contributed by atoms with Crippen molar-refractivity contribution >= 4 is 22.8 Å². The van der Waals surface area contributed by atoms with E-state index in [-0.39, 0.29) is 6.03 Å². The Kier molecular flexibility index (Phi) is 2.76. The normalized spacial score (nSPS) is 10.6. The number of imidazole rings is 1. The van der Waals surface area contributed by atoms with Gasteiger partial charge in [-0.15, -0.1) is 0 Å². The van der Waals surface area contributed by atoms with Crippen molar-refractivity contribution in [1.82, 2.24) is 9.55 Å². The van der Waals surface area contributed by atoms with Crippen LogP contribution in [0.25, 0.3) is 11.0 Å². The van der Waals surface area contributed by atoms with Gasteiger partial charge in [0.2, 0.25) is 0 Å². The zero-order valence-corrected chi connectivity index (χ0v) is 10.5. The van der Waals surface area contributed by atoms with Crippen molar-refractivity contribution in [2.75, 3.05) is 5.32 Å². The Morgan fingerprint density at radius 1 is 1.11 bits per heavy atom. The van der Waals surface area contributed by atoms with Gasteiger partial charge >= 0.3 is 6.03 Å². The van der Waals surface area contributed by atoms with Gasteiger partial charge in [0.25, 0.3) is 0 Å². The number of carbonyl (C=O) groups is 1. The van der Waals surface area contributed by atoms with Crippen molar-refractivity contribution < 1.29 is 4.79 Å². The van der Waals surface area contributed by atoms with Crippen molar-refractivity contribution in [2.45, 2.75) is 6.92 Å². The second-order valence-electron chi connectivity index (χ2n) is 4.35. The summed E-state index contributed by atoms with van der Waals surface area (Å²) in [6, 6.07) is 15.0. The molecule has 0 saturated heterocycles. The van der Waals surface area contributed by atoms with Crippen LogP contribution in [0.1, 0.15) is 5.56 Å². The van der Waals surface area contributed by atoms with E-state index in [9.17, 15) is 4.79 Å². The van der Waals surface area contributed by atoms with E-state index >= 15 is 0 Å². The van der Waals surface area contributed by atoms with E-state index in [0.717, 1.165) is 22.3 Å². The molecule has 0 atom stereocenters. The van der Waals surface area contributed by atoms with Gasteiger partial charge < -0.3 is 5.32 Å². The highest BCUT2D eigenvalue weighted by molar-refractivity contribution is 5.97. The second-order valence-corrected chi connectivity index (χ2v) is 4.35. The van der Waals surface area contributed by atoms with E-state index in [1.54, 1.807) is 0 Å². The third-order valence-electron chi connectivity index (χ3n) is 3.06. The van der Waals surface area contributed by atoms with E-state index in [1.807, 2.05) is 55.5 Å². The lowest BCUT2D eigenvalue weighted by Crippen LogP contribution is -2.18. The number of carbonyl (C=O) groups excluding carboxylic acids is 1. The maximum Gasteiger partial charge on any atom is 0.331 e. The molecular formula is C15H13N3O. The number of aryl methyl sites for hydroxylation is 1. The fourth-order valence-electron chi connectivity index (χ4n) is 2.01. The van der Waals surface area contributed by atoms with Crippen LogP contribution in [0.4, 0.5) is 10.5 Å². The van der Waals surface area contributed by atoms with E-state index < -0.39 is 0 Å². The summed E-state index contributed by atoms with van der Waals surface area (Å²) in [6.07, 6.45) is 1.54. The van der Waals surface area contributed by atoms with Crippen molar-refractivity contribution in [1.29, 1.82) is 0 Å². The van der Waals surface area contributed by atoms with Gasteiger partial charge in [-0.2, -0.15) is 0 Å². The first-order chi connectivity index (χ1) is 9.25. The largest absolute Gasteiger partial charge is 0.331 e. The first kappa shape index (κ1) is 11.5. The van der Waals surface area contributed by atoms with Crippen molar-refractivity contribution in [2.24, 2.45) is 0 Å². The van der Waals surface area contributed by atoms with Crippen LogP contribution in [-0.4, -0.2) is 15.6 Å². The van der Waals surface area contributed by atoms with Crippen LogP contribution in [0.5, 0.6) is 0 Å². The van der Waals surface area contributed by atoms with Crippen molar-refractivity contribution in [3.8, 4) is 0 Å². The Morgan fingerprint density at radius 3 is 2.68 bits per heavy atom. The fraction of sp³-hybridized carbons (Fsp3) is 0.0667. The minimum atomic E-state index is -0.206. The summed E-state index contributed by atoms with van der Waals surface area (Å²) < 4.78 is 1.52. The number of hydrogen-bond donors (Lipinski definition) is 1. The van der Waals surface area contributed by atoms with E-state index in [2.05, 4.69) is 10.3 Å². The lowest BCUT2D eigenvalue weighted by molar-refractivity contribution is 0.254. The maximum atomic E-state index is 12.3. The topological polar surface area (TPSA) is 46.9 Å². The number of rotatable bonds is 1. The molecule has 0 fully saturated rings. The molecule has 4 nitrogen and oxygen atoms in total. The fourth-order valence-corrected chi connectivity index (χ4v) is 2.01. The lowest BCUT2D eigenvalue weighted by Gasteiger charge is -2.08. The molecule has 3 rings (SSSR count). The molecule has 3 aromatic rings. The Labute approximate surface area is 110 Å². The number of nitrogens with one attached hydrogen (secondary N) is 1. The molecule has 19 heavy (non-hydrogen) atoms. The summed E-state index contributed by atoms with van der Waals surface area (Å²) in [5, 5.41) is 2.89. The summed E-state index contributed by atoms with van der Waals surface area (Å²) in [6.45, 7) is 1.96. The molecule has 0 aliphatic heterocycles. The number of amides is 1. The summed E-state index contributed by atoms with van der Waals surface area (Å²) in [4.78, 5) is 16.5. The minimum absolute atomic E-state index is 0.206. The van der Waals surface area contributed by atoms with Gasteiger partial charge in [0.1, 0.15) is 6.33 Å². The minimum Gasteiger partial charge on any atom is -0.307 e. The number of anilines is 1. The third-order valence-corrected chi connectivity index (χ3v) is 3.06. The second kappa shape index (κ2) is 4.57. The number of benzene rings is 2. The molecule has 2 aromatic carbocycles. The molecule has 0 radical (unpaired) electrons. The summed E-state index contributed by atoms with van der Waals surface area (Å²) >= 11 is 0. The van der Waals surface area contributed by atoms with E-state index in [0.29, 0.717) is 0 Å². The number of hydrogen-bond acceptors (Lipinski definition) is 2. The molecule has 0 aliphatic carbocycles. The molecule has 1 heterocycles. The van der Waals surface area contributed by atoms with Crippen LogP contribution in [0.3, 0.4) is 0 Å². The van der Waals surface area contributed by atoms with Gasteiger partial charge in [0.15, 0.2) is 0 Å². The molecule has 4 heteroatoms. The standard InChI is InChI=1S/C15H13N3O/c1-11-6-2-3-7-12(11)17-15(19)18-10-16-13-8-4-5-9-14(13)18/h2-10H,1H3,(H,17,19). The number of para-hydroxylation sites is 3. The van der Waals surface area contributed by atoms with E-state index in [1.165, 1.54) is 10.9 Å². The zero-order chi connectivity index (χ0) is 13.2. The highest BCUT2D eigenvalue weighted by atomic mass is 16.2. The Bertz CT molecular complexity index is 746. The third kappa shape index (κ3) is 2.08. The highest BCUT2D eigenvalue weighted by Gasteiger charge is 2.10. The van der Waals surface area contributed by atoms with Crippen LogP contribution in [0.2, 0.25) is 0 Å². The summed E-state index contributed by atoms with van der Waals surface area (Å²) in [7, 11) is 0. The van der Waals surface area contributed by atoms with Gasteiger partial charge in [-0.05, 0) is 30.7 Å². The van der Waals surface area contributed by atoms with Crippen LogP contribution in [-0.2, 0) is 0 Å². The first-order valence-electron chi connectivity index (χ1n) is 6.05. The first-order valence-corrected chi connectivity index (χ1v) is 6.05. The molecule has 0 aliphatic rings. The number of aromatic nitrogens is 2. The Morgan fingerprint density at radius 2 is 1.84 bits per heavy atom. The molecule has 1 N–H and O–H groups in total. The predicted molar refractivity (Wildman–Crippen MR) is 75.3 cm³/mol. The van der Waals surface area contributed by atoms with Gasteiger partial charge in [0.05, 0.1) is 11.0 Å². The van der Waals surface area contributed by atoms with Crippen LogP contribution in [0.15, 0.2) is 54.9 Å². The number of nitrogens with zero attached hydrogens (tertiary/aromatic N) is 2. The van der Waals surface area contributed by atoms with Crippen LogP contribution < -0.4 is 5.32 Å². The number of fused-ring (bicyclic) bond motifs is 1. The molecular weight excluding hydrogens is 238 g/mol.